The summed E-state index contributed by atoms with van der Waals surface area (Å²) in [6, 6.07) is 11.8. The van der Waals surface area contributed by atoms with Gasteiger partial charge in [-0.2, -0.15) is 10.4 Å². The molecule has 1 aromatic carbocycles. The van der Waals surface area contributed by atoms with Crippen molar-refractivity contribution in [3.63, 3.8) is 0 Å². The van der Waals surface area contributed by atoms with Crippen LogP contribution in [0.25, 0.3) is 11.4 Å². The number of hydrogen-bond acceptors (Lipinski definition) is 4. The molecule has 0 aliphatic heterocycles. The van der Waals surface area contributed by atoms with E-state index in [1.165, 1.54) is 21.5 Å². The molecule has 2 aromatic heterocycles. The summed E-state index contributed by atoms with van der Waals surface area (Å²) in [6.07, 6.45) is 2.95. The maximum absolute atomic E-state index is 12.0. The Balaban J connectivity index is 1.98. The topological polar surface area (TPSA) is 92.7 Å². The number of aromatic nitrogens is 3. The van der Waals surface area contributed by atoms with Gasteiger partial charge in [0.15, 0.2) is 5.69 Å². The van der Waals surface area contributed by atoms with Crippen LogP contribution < -0.4 is 10.9 Å². The van der Waals surface area contributed by atoms with Crippen LogP contribution >= 0.6 is 11.6 Å². The molecule has 1 amide bonds. The van der Waals surface area contributed by atoms with Crippen molar-refractivity contribution in [2.45, 2.75) is 6.92 Å². The average molecular weight is 368 g/mol. The van der Waals surface area contributed by atoms with Crippen LogP contribution in [0.3, 0.4) is 0 Å². The van der Waals surface area contributed by atoms with Gasteiger partial charge in [0, 0.05) is 29.5 Å². The molecule has 0 spiro atoms. The molecule has 1 N–H and O–H groups in total. The molecule has 3 rings (SSSR count). The van der Waals surface area contributed by atoms with Gasteiger partial charge in [0.1, 0.15) is 6.07 Å². The van der Waals surface area contributed by atoms with Crippen molar-refractivity contribution in [1.82, 2.24) is 19.7 Å². The number of amides is 1. The molecular formula is C18H14ClN5O2. The molecule has 0 unspecified atom stereocenters. The van der Waals surface area contributed by atoms with Gasteiger partial charge in [-0.1, -0.05) is 11.6 Å². The Morgan fingerprint density at radius 1 is 1.27 bits per heavy atom. The van der Waals surface area contributed by atoms with Gasteiger partial charge >= 0.3 is 0 Å². The summed E-state index contributed by atoms with van der Waals surface area (Å²) in [5.41, 5.74) is 1.35. The lowest BCUT2D eigenvalue weighted by atomic mass is 10.2. The third kappa shape index (κ3) is 3.23. The number of rotatable bonds is 4. The molecule has 0 fully saturated rings. The predicted molar refractivity (Wildman–Crippen MR) is 96.9 cm³/mol. The molecular weight excluding hydrogens is 354 g/mol. The Morgan fingerprint density at radius 2 is 1.96 bits per heavy atom. The lowest BCUT2D eigenvalue weighted by molar-refractivity contribution is 0.0955. The third-order valence-corrected chi connectivity index (χ3v) is 3.95. The van der Waals surface area contributed by atoms with Crippen LogP contribution in [0.1, 0.15) is 23.0 Å². The van der Waals surface area contributed by atoms with Gasteiger partial charge in [0.25, 0.3) is 11.5 Å². The maximum Gasteiger partial charge on any atom is 0.256 e. The molecule has 0 atom stereocenters. The summed E-state index contributed by atoms with van der Waals surface area (Å²) in [6.45, 7) is 2.26. The van der Waals surface area contributed by atoms with E-state index in [4.69, 9.17) is 11.6 Å². The lowest BCUT2D eigenvalue weighted by Crippen LogP contribution is -2.23. The fourth-order valence-corrected chi connectivity index (χ4v) is 2.65. The van der Waals surface area contributed by atoms with Gasteiger partial charge in [-0.25, -0.2) is 4.68 Å². The van der Waals surface area contributed by atoms with Gasteiger partial charge < -0.3 is 5.32 Å². The highest BCUT2D eigenvalue weighted by Crippen LogP contribution is 2.17. The molecule has 0 aliphatic rings. The molecule has 0 bridgehead atoms. The monoisotopic (exact) mass is 367 g/mol. The SMILES string of the molecule is CCNC(=O)c1cnn(-c2ccc(-n3ccc(Cl)cc3=O)cc2)c1C#N. The van der Waals surface area contributed by atoms with E-state index in [0.29, 0.717) is 22.9 Å². The van der Waals surface area contributed by atoms with Crippen molar-refractivity contribution in [1.29, 1.82) is 5.26 Å². The minimum absolute atomic E-state index is 0.146. The summed E-state index contributed by atoms with van der Waals surface area (Å²) in [5, 5.41) is 16.6. The molecule has 0 radical (unpaired) electrons. The molecule has 8 heteroatoms. The van der Waals surface area contributed by atoms with Crippen LogP contribution in [0.5, 0.6) is 0 Å². The Morgan fingerprint density at radius 3 is 2.58 bits per heavy atom. The number of carbonyl (C=O) groups is 1. The standard InChI is InChI=1S/C18H14ClN5O2/c1-2-21-18(26)15-11-22-24(16(15)10-20)14-5-3-13(4-6-14)23-8-7-12(19)9-17(23)25/h3-9,11H,2H2,1H3,(H,21,26). The molecule has 2 heterocycles. The van der Waals surface area contributed by atoms with E-state index in [2.05, 4.69) is 10.4 Å². The summed E-state index contributed by atoms with van der Waals surface area (Å²) in [5.74, 6) is -0.348. The molecule has 7 nitrogen and oxygen atoms in total. The zero-order valence-electron chi connectivity index (χ0n) is 13.8. The van der Waals surface area contributed by atoms with E-state index in [-0.39, 0.29) is 22.7 Å². The molecule has 0 saturated heterocycles. The van der Waals surface area contributed by atoms with Crippen LogP contribution in [-0.4, -0.2) is 26.8 Å². The second-order valence-electron chi connectivity index (χ2n) is 5.36. The number of hydrogen-bond donors (Lipinski definition) is 1. The molecule has 0 aliphatic carbocycles. The number of nitriles is 1. The third-order valence-electron chi connectivity index (χ3n) is 3.71. The van der Waals surface area contributed by atoms with Gasteiger partial charge in [-0.3, -0.25) is 14.2 Å². The Hall–Kier alpha value is -3.37. The number of benzene rings is 1. The van der Waals surface area contributed by atoms with Crippen molar-refractivity contribution in [3.05, 3.63) is 75.4 Å². The lowest BCUT2D eigenvalue weighted by Gasteiger charge is -2.08. The van der Waals surface area contributed by atoms with Crippen LogP contribution in [0.4, 0.5) is 0 Å². The average Bonchev–Trinajstić information content (AvgIpc) is 3.06. The molecule has 3 aromatic rings. The van der Waals surface area contributed by atoms with Crippen molar-refractivity contribution in [2.24, 2.45) is 0 Å². The number of nitrogens with zero attached hydrogens (tertiary/aromatic N) is 4. The number of nitrogens with one attached hydrogen (secondary N) is 1. The van der Waals surface area contributed by atoms with E-state index in [9.17, 15) is 14.9 Å². The van der Waals surface area contributed by atoms with Gasteiger partial charge in [0.05, 0.1) is 17.4 Å². The first-order valence-electron chi connectivity index (χ1n) is 7.80. The van der Waals surface area contributed by atoms with E-state index < -0.39 is 0 Å². The smallest absolute Gasteiger partial charge is 0.256 e. The van der Waals surface area contributed by atoms with Gasteiger partial charge in [-0.05, 0) is 37.3 Å². The largest absolute Gasteiger partial charge is 0.352 e. The van der Waals surface area contributed by atoms with Crippen LogP contribution in [0, 0.1) is 11.3 Å². The van der Waals surface area contributed by atoms with Crippen LogP contribution in [-0.2, 0) is 0 Å². The number of carbonyl (C=O) groups excluding carboxylic acids is 1. The van der Waals surface area contributed by atoms with E-state index >= 15 is 0 Å². The second-order valence-corrected chi connectivity index (χ2v) is 5.80. The molecule has 0 saturated carbocycles. The summed E-state index contributed by atoms with van der Waals surface area (Å²) >= 11 is 5.81. The Labute approximate surface area is 154 Å². The highest BCUT2D eigenvalue weighted by Gasteiger charge is 2.17. The maximum atomic E-state index is 12.0. The predicted octanol–water partition coefficient (Wildman–Crippen LogP) is 2.30. The first-order chi connectivity index (χ1) is 12.5. The Bertz CT molecular complexity index is 1060. The molecule has 130 valence electrons. The zero-order chi connectivity index (χ0) is 18.7. The van der Waals surface area contributed by atoms with Gasteiger partial charge in [0.2, 0.25) is 0 Å². The van der Waals surface area contributed by atoms with Crippen LogP contribution in [0.2, 0.25) is 5.02 Å². The minimum Gasteiger partial charge on any atom is -0.352 e. The minimum atomic E-state index is -0.348. The first-order valence-corrected chi connectivity index (χ1v) is 8.18. The number of halogens is 1. The van der Waals surface area contributed by atoms with Crippen molar-refractivity contribution >= 4 is 17.5 Å². The first kappa shape index (κ1) is 17.5. The highest BCUT2D eigenvalue weighted by molar-refractivity contribution is 6.30. The van der Waals surface area contributed by atoms with Crippen LogP contribution in [0.15, 0.2) is 53.6 Å². The van der Waals surface area contributed by atoms with Crippen molar-refractivity contribution in [2.75, 3.05) is 6.54 Å². The van der Waals surface area contributed by atoms with E-state index in [0.717, 1.165) is 0 Å². The Kier molecular flexibility index (Phi) is 4.87. The summed E-state index contributed by atoms with van der Waals surface area (Å²) < 4.78 is 2.84. The van der Waals surface area contributed by atoms with Gasteiger partial charge in [-0.15, -0.1) is 0 Å². The quantitative estimate of drug-likeness (QED) is 0.765. The highest BCUT2D eigenvalue weighted by atomic mass is 35.5. The van der Waals surface area contributed by atoms with E-state index in [1.807, 2.05) is 6.07 Å². The van der Waals surface area contributed by atoms with Crippen molar-refractivity contribution in [3.8, 4) is 17.4 Å². The fourth-order valence-electron chi connectivity index (χ4n) is 2.50. The normalized spacial score (nSPS) is 10.3. The molecule has 26 heavy (non-hydrogen) atoms. The summed E-state index contributed by atoms with van der Waals surface area (Å²) in [7, 11) is 0. The van der Waals surface area contributed by atoms with Crippen molar-refractivity contribution < 1.29 is 4.79 Å². The fraction of sp³-hybridized carbons (Fsp3) is 0.111. The number of pyridine rings is 1. The van der Waals surface area contributed by atoms with E-state index in [1.54, 1.807) is 43.5 Å². The summed E-state index contributed by atoms with van der Waals surface area (Å²) in [4.78, 5) is 24.0. The zero-order valence-corrected chi connectivity index (χ0v) is 14.6. The second kappa shape index (κ2) is 7.25.